The van der Waals surface area contributed by atoms with Crippen molar-refractivity contribution in [2.24, 2.45) is 0 Å². The van der Waals surface area contributed by atoms with E-state index in [-0.39, 0.29) is 41.4 Å². The Morgan fingerprint density at radius 2 is 1.90 bits per heavy atom. The Balaban J connectivity index is 1.60. The van der Waals surface area contributed by atoms with E-state index < -0.39 is 0 Å². The third-order valence-electron chi connectivity index (χ3n) is 6.91. The molecule has 1 aromatic carbocycles. The number of halogens is 1. The molecule has 2 atom stereocenters. The third kappa shape index (κ3) is 6.60. The summed E-state index contributed by atoms with van der Waals surface area (Å²) >= 11 is 6.72. The summed E-state index contributed by atoms with van der Waals surface area (Å²) in [4.78, 5) is 38.6. The second-order valence-electron chi connectivity index (χ2n) is 10.2. The number of benzene rings is 1. The number of carbonyl (C=O) groups excluding carboxylic acids is 1. The predicted octanol–water partition coefficient (Wildman–Crippen LogP) is 4.20. The Labute approximate surface area is 239 Å². The molecule has 0 radical (unpaired) electrons. The zero-order chi connectivity index (χ0) is 29.0. The molecular weight excluding hydrogens is 530 g/mol. The average molecular weight is 566 g/mol. The van der Waals surface area contributed by atoms with Crippen LogP contribution in [0, 0.1) is 0 Å². The third-order valence-corrected chi connectivity index (χ3v) is 7.21. The SMILES string of the molecule is C=CCNC(=O)c1cnc(Nc2ccc(N3C[C@@H](C)N(C)[C@@H](C)C3)c(Cl)c2)nc1Nc1ccc(=O)n(C(C)C)n1. The van der Waals surface area contributed by atoms with Crippen molar-refractivity contribution in [1.82, 2.24) is 30.0 Å². The van der Waals surface area contributed by atoms with Gasteiger partial charge in [-0.15, -0.1) is 6.58 Å². The highest BCUT2D eigenvalue weighted by Gasteiger charge is 2.27. The zero-order valence-corrected chi connectivity index (χ0v) is 24.2. The van der Waals surface area contributed by atoms with Crippen LogP contribution in [0.5, 0.6) is 0 Å². The number of carbonyl (C=O) groups is 1. The molecule has 1 aliphatic rings. The minimum Gasteiger partial charge on any atom is -0.367 e. The molecule has 3 aromatic rings. The van der Waals surface area contributed by atoms with E-state index in [0.717, 1.165) is 18.8 Å². The van der Waals surface area contributed by atoms with Gasteiger partial charge in [-0.05, 0) is 59.0 Å². The van der Waals surface area contributed by atoms with Crippen molar-refractivity contribution < 1.29 is 4.79 Å². The number of hydrogen-bond acceptors (Lipinski definition) is 9. The standard InChI is InChI=1S/C28H36ClN9O2/c1-7-12-30-27(40)21-14-31-28(34-26(21)33-24-10-11-25(39)38(35-24)17(2)3)32-20-8-9-23(22(29)13-20)37-15-18(4)36(6)19(5)16-37/h7-11,13-14,17-19H,1,12,15-16H2,2-6H3,(H,30,40)(H2,31,32,33,34,35)/t18-,19+. The largest absolute Gasteiger partial charge is 0.367 e. The number of hydrogen-bond donors (Lipinski definition) is 3. The molecule has 4 rings (SSSR count). The Morgan fingerprint density at radius 3 is 2.55 bits per heavy atom. The Kier molecular flexibility index (Phi) is 9.06. The monoisotopic (exact) mass is 565 g/mol. The van der Waals surface area contributed by atoms with Crippen LogP contribution in [0.3, 0.4) is 0 Å². The molecule has 40 heavy (non-hydrogen) atoms. The van der Waals surface area contributed by atoms with E-state index in [9.17, 15) is 9.59 Å². The summed E-state index contributed by atoms with van der Waals surface area (Å²) < 4.78 is 1.35. The van der Waals surface area contributed by atoms with Crippen molar-refractivity contribution in [3.63, 3.8) is 0 Å². The number of nitrogens with one attached hydrogen (secondary N) is 3. The quantitative estimate of drug-likeness (QED) is 0.328. The highest BCUT2D eigenvalue weighted by molar-refractivity contribution is 6.33. The van der Waals surface area contributed by atoms with Gasteiger partial charge in [0.25, 0.3) is 11.5 Å². The fraction of sp³-hybridized carbons (Fsp3) is 0.393. The molecule has 0 aliphatic carbocycles. The second kappa shape index (κ2) is 12.5. The number of amides is 1. The fourth-order valence-electron chi connectivity index (χ4n) is 4.52. The van der Waals surface area contributed by atoms with E-state index in [4.69, 9.17) is 11.6 Å². The van der Waals surface area contributed by atoms with Gasteiger partial charge in [-0.25, -0.2) is 9.67 Å². The molecule has 0 unspecified atom stereocenters. The number of aromatic nitrogens is 4. The Bertz CT molecular complexity index is 1430. The maximum absolute atomic E-state index is 12.8. The van der Waals surface area contributed by atoms with Crippen LogP contribution in [-0.2, 0) is 0 Å². The van der Waals surface area contributed by atoms with E-state index in [0.29, 0.717) is 28.6 Å². The maximum Gasteiger partial charge on any atom is 0.267 e. The molecule has 0 spiro atoms. The lowest BCUT2D eigenvalue weighted by molar-refractivity contribution is 0.0958. The summed E-state index contributed by atoms with van der Waals surface area (Å²) in [7, 11) is 2.15. The molecule has 3 N–H and O–H groups in total. The van der Waals surface area contributed by atoms with Gasteiger partial charge in [0.2, 0.25) is 5.95 Å². The first kappa shape index (κ1) is 29.0. The Morgan fingerprint density at radius 1 is 1.18 bits per heavy atom. The van der Waals surface area contributed by atoms with Crippen molar-refractivity contribution in [3.8, 4) is 0 Å². The predicted molar refractivity (Wildman–Crippen MR) is 160 cm³/mol. The van der Waals surface area contributed by atoms with Gasteiger partial charge in [-0.1, -0.05) is 17.7 Å². The lowest BCUT2D eigenvalue weighted by Crippen LogP contribution is -2.55. The van der Waals surface area contributed by atoms with Crippen molar-refractivity contribution in [2.45, 2.75) is 45.8 Å². The molecule has 12 heteroatoms. The van der Waals surface area contributed by atoms with Gasteiger partial charge in [0.15, 0.2) is 5.82 Å². The molecule has 1 saturated heterocycles. The summed E-state index contributed by atoms with van der Waals surface area (Å²) in [5, 5.41) is 14.0. The van der Waals surface area contributed by atoms with Crippen LogP contribution in [0.4, 0.5) is 29.0 Å². The van der Waals surface area contributed by atoms with Crippen LogP contribution < -0.4 is 26.4 Å². The lowest BCUT2D eigenvalue weighted by atomic mass is 10.1. The van der Waals surface area contributed by atoms with Gasteiger partial charge in [0.05, 0.1) is 16.8 Å². The van der Waals surface area contributed by atoms with Gasteiger partial charge < -0.3 is 20.9 Å². The van der Waals surface area contributed by atoms with E-state index in [2.05, 4.69) is 68.3 Å². The first-order chi connectivity index (χ1) is 19.1. The number of rotatable bonds is 9. The van der Waals surface area contributed by atoms with Crippen molar-refractivity contribution >= 4 is 46.5 Å². The first-order valence-electron chi connectivity index (χ1n) is 13.2. The molecule has 3 heterocycles. The van der Waals surface area contributed by atoms with Gasteiger partial charge in [0, 0.05) is 49.7 Å². The van der Waals surface area contributed by atoms with Crippen LogP contribution in [0.1, 0.15) is 44.1 Å². The average Bonchev–Trinajstić information content (AvgIpc) is 2.91. The maximum atomic E-state index is 12.8. The molecule has 1 aliphatic heterocycles. The molecule has 2 aromatic heterocycles. The fourth-order valence-corrected chi connectivity index (χ4v) is 4.82. The summed E-state index contributed by atoms with van der Waals surface area (Å²) in [5.41, 5.74) is 1.66. The minimum atomic E-state index is -0.380. The van der Waals surface area contributed by atoms with Crippen LogP contribution in [0.15, 0.2) is 54.0 Å². The van der Waals surface area contributed by atoms with Crippen molar-refractivity contribution in [1.29, 1.82) is 0 Å². The molecule has 0 bridgehead atoms. The minimum absolute atomic E-state index is 0.141. The zero-order valence-electron chi connectivity index (χ0n) is 23.5. The van der Waals surface area contributed by atoms with E-state index in [1.54, 1.807) is 12.1 Å². The Hall–Kier alpha value is -3.96. The molecule has 0 saturated carbocycles. The van der Waals surface area contributed by atoms with Crippen LogP contribution in [0.2, 0.25) is 5.02 Å². The molecular formula is C28H36ClN9O2. The number of anilines is 5. The molecule has 11 nitrogen and oxygen atoms in total. The summed E-state index contributed by atoms with van der Waals surface area (Å²) in [6.07, 6.45) is 3.01. The number of nitrogens with zero attached hydrogens (tertiary/aromatic N) is 6. The summed E-state index contributed by atoms with van der Waals surface area (Å²) in [5.74, 6) is 0.460. The summed E-state index contributed by atoms with van der Waals surface area (Å²) in [6, 6.07) is 9.39. The highest BCUT2D eigenvalue weighted by atomic mass is 35.5. The number of likely N-dealkylation sites (N-methyl/N-ethyl adjacent to an activating group) is 1. The van der Waals surface area contributed by atoms with E-state index in [1.165, 1.54) is 16.9 Å². The van der Waals surface area contributed by atoms with Crippen LogP contribution in [0.25, 0.3) is 0 Å². The highest BCUT2D eigenvalue weighted by Crippen LogP contribution is 2.32. The normalized spacial score (nSPS) is 17.5. The first-order valence-corrected chi connectivity index (χ1v) is 13.6. The van der Waals surface area contributed by atoms with E-state index >= 15 is 0 Å². The van der Waals surface area contributed by atoms with Crippen molar-refractivity contribution in [3.05, 3.63) is 70.1 Å². The molecule has 1 fully saturated rings. The van der Waals surface area contributed by atoms with E-state index in [1.807, 2.05) is 32.0 Å². The van der Waals surface area contributed by atoms with Crippen LogP contribution >= 0.6 is 11.6 Å². The lowest BCUT2D eigenvalue weighted by Gasteiger charge is -2.43. The topological polar surface area (TPSA) is 120 Å². The smallest absolute Gasteiger partial charge is 0.267 e. The van der Waals surface area contributed by atoms with Gasteiger partial charge >= 0.3 is 0 Å². The second-order valence-corrected chi connectivity index (χ2v) is 10.6. The molecule has 212 valence electrons. The summed E-state index contributed by atoms with van der Waals surface area (Å²) in [6.45, 7) is 13.8. The molecule has 1 amide bonds. The number of piperazine rings is 1. The van der Waals surface area contributed by atoms with Gasteiger partial charge in [-0.3, -0.25) is 14.5 Å². The van der Waals surface area contributed by atoms with Crippen molar-refractivity contribution in [2.75, 3.05) is 42.2 Å². The van der Waals surface area contributed by atoms with Crippen LogP contribution in [-0.4, -0.2) is 69.3 Å². The van der Waals surface area contributed by atoms with Gasteiger partial charge in [-0.2, -0.15) is 10.1 Å². The van der Waals surface area contributed by atoms with Gasteiger partial charge in [0.1, 0.15) is 11.4 Å².